The summed E-state index contributed by atoms with van der Waals surface area (Å²) >= 11 is 0. The predicted molar refractivity (Wildman–Crippen MR) is 110 cm³/mol. The van der Waals surface area contributed by atoms with Crippen LogP contribution < -0.4 is 15.8 Å². The van der Waals surface area contributed by atoms with Crippen LogP contribution in [0, 0.1) is 11.7 Å². The fourth-order valence-corrected chi connectivity index (χ4v) is 3.79. The first-order chi connectivity index (χ1) is 14.0. The maximum Gasteiger partial charge on any atom is 0.293 e. The molecule has 1 aromatic heterocycles. The number of piperidine rings is 1. The zero-order valence-electron chi connectivity index (χ0n) is 16.3. The lowest BCUT2D eigenvalue weighted by molar-refractivity contribution is -0.125. The highest BCUT2D eigenvalue weighted by Gasteiger charge is 2.28. The lowest BCUT2D eigenvalue weighted by atomic mass is 9.97. The Morgan fingerprint density at radius 3 is 2.76 bits per heavy atom. The molecule has 2 heterocycles. The number of nitrogens with one attached hydrogen (secondary N) is 1. The van der Waals surface area contributed by atoms with Crippen molar-refractivity contribution in [2.45, 2.75) is 19.4 Å². The van der Waals surface area contributed by atoms with E-state index in [1.54, 1.807) is 23.7 Å². The number of amides is 1. The van der Waals surface area contributed by atoms with E-state index in [2.05, 4.69) is 10.3 Å². The number of carbonyl (C=O) groups is 1. The Bertz CT molecular complexity index is 1090. The van der Waals surface area contributed by atoms with Gasteiger partial charge in [-0.2, -0.15) is 0 Å². The number of para-hydroxylation sites is 2. The number of aryl methyl sites for hydroxylation is 1. The van der Waals surface area contributed by atoms with Gasteiger partial charge < -0.3 is 14.8 Å². The van der Waals surface area contributed by atoms with Crippen molar-refractivity contribution < 1.29 is 9.18 Å². The maximum absolute atomic E-state index is 13.0. The summed E-state index contributed by atoms with van der Waals surface area (Å²) < 4.78 is 14.6. The van der Waals surface area contributed by atoms with Gasteiger partial charge >= 0.3 is 0 Å². The van der Waals surface area contributed by atoms with Gasteiger partial charge in [-0.25, -0.2) is 9.37 Å². The molecule has 150 valence electrons. The first-order valence-corrected chi connectivity index (χ1v) is 9.76. The van der Waals surface area contributed by atoms with Gasteiger partial charge in [-0.1, -0.05) is 24.3 Å². The van der Waals surface area contributed by atoms with Gasteiger partial charge in [0.1, 0.15) is 5.82 Å². The summed E-state index contributed by atoms with van der Waals surface area (Å²) in [6, 6.07) is 13.6. The molecule has 1 aliphatic rings. The number of nitrogens with zero attached hydrogens (tertiary/aromatic N) is 3. The summed E-state index contributed by atoms with van der Waals surface area (Å²) in [5.41, 5.74) is 2.23. The molecule has 6 nitrogen and oxygen atoms in total. The highest BCUT2D eigenvalue weighted by molar-refractivity contribution is 5.80. The van der Waals surface area contributed by atoms with Crippen LogP contribution in [0.2, 0.25) is 0 Å². The molecule has 0 spiro atoms. The van der Waals surface area contributed by atoms with Crippen molar-refractivity contribution in [3.8, 4) is 0 Å². The summed E-state index contributed by atoms with van der Waals surface area (Å²) in [5.74, 6) is -0.187. The molecule has 29 heavy (non-hydrogen) atoms. The number of aromatic nitrogens is 2. The van der Waals surface area contributed by atoms with E-state index in [1.165, 1.54) is 12.1 Å². The number of halogens is 1. The molecule has 0 aliphatic carbocycles. The van der Waals surface area contributed by atoms with Crippen LogP contribution in [0.3, 0.4) is 0 Å². The summed E-state index contributed by atoms with van der Waals surface area (Å²) in [7, 11) is 1.74. The average Bonchev–Trinajstić information content (AvgIpc) is 2.75. The van der Waals surface area contributed by atoms with E-state index in [0.717, 1.165) is 29.4 Å². The van der Waals surface area contributed by atoms with Gasteiger partial charge in [0.15, 0.2) is 5.82 Å². The summed E-state index contributed by atoms with van der Waals surface area (Å²) in [4.78, 5) is 32.0. The minimum atomic E-state index is -0.299. The minimum Gasteiger partial charge on any atom is -0.352 e. The SMILES string of the molecule is Cn1c(=O)c(N2CCCC(C(=O)NCc3ccc(F)cc3)C2)nc2ccccc21. The third-order valence-electron chi connectivity index (χ3n) is 5.44. The largest absolute Gasteiger partial charge is 0.352 e. The van der Waals surface area contributed by atoms with Gasteiger partial charge in [0.25, 0.3) is 5.56 Å². The molecule has 0 saturated carbocycles. The fourth-order valence-electron chi connectivity index (χ4n) is 3.79. The first kappa shape index (κ1) is 19.1. The van der Waals surface area contributed by atoms with Gasteiger partial charge in [0, 0.05) is 26.7 Å². The Hall–Kier alpha value is -3.22. The van der Waals surface area contributed by atoms with Gasteiger partial charge in [-0.15, -0.1) is 0 Å². The van der Waals surface area contributed by atoms with E-state index >= 15 is 0 Å². The number of anilines is 1. The van der Waals surface area contributed by atoms with E-state index in [9.17, 15) is 14.0 Å². The van der Waals surface area contributed by atoms with E-state index in [1.807, 2.05) is 29.2 Å². The van der Waals surface area contributed by atoms with Crippen molar-refractivity contribution in [3.05, 3.63) is 70.3 Å². The third kappa shape index (κ3) is 3.99. The molecule has 1 aliphatic heterocycles. The van der Waals surface area contributed by atoms with Crippen LogP contribution in [0.1, 0.15) is 18.4 Å². The predicted octanol–water partition coefficient (Wildman–Crippen LogP) is 2.61. The number of carbonyl (C=O) groups excluding carboxylic acids is 1. The number of fused-ring (bicyclic) bond motifs is 1. The molecule has 1 saturated heterocycles. The van der Waals surface area contributed by atoms with Crippen molar-refractivity contribution in [3.63, 3.8) is 0 Å². The Morgan fingerprint density at radius 2 is 1.97 bits per heavy atom. The van der Waals surface area contributed by atoms with Gasteiger partial charge in [-0.05, 0) is 42.7 Å². The Morgan fingerprint density at radius 1 is 1.21 bits per heavy atom. The molecule has 1 fully saturated rings. The van der Waals surface area contributed by atoms with Crippen LogP contribution in [-0.4, -0.2) is 28.5 Å². The Labute approximate surface area is 168 Å². The second kappa shape index (κ2) is 8.03. The Kier molecular flexibility index (Phi) is 5.29. The average molecular weight is 394 g/mol. The second-order valence-corrected chi connectivity index (χ2v) is 7.42. The van der Waals surface area contributed by atoms with Gasteiger partial charge in [-0.3, -0.25) is 9.59 Å². The Balaban J connectivity index is 1.49. The van der Waals surface area contributed by atoms with Gasteiger partial charge in [0.2, 0.25) is 5.91 Å². The first-order valence-electron chi connectivity index (χ1n) is 9.76. The van der Waals surface area contributed by atoms with Crippen LogP contribution in [-0.2, 0) is 18.4 Å². The molecule has 0 radical (unpaired) electrons. The summed E-state index contributed by atoms with van der Waals surface area (Å²) in [5, 5.41) is 2.92. The van der Waals surface area contributed by atoms with Crippen molar-refractivity contribution in [2.75, 3.05) is 18.0 Å². The van der Waals surface area contributed by atoms with Gasteiger partial charge in [0.05, 0.1) is 17.0 Å². The van der Waals surface area contributed by atoms with E-state index in [4.69, 9.17) is 0 Å². The zero-order valence-corrected chi connectivity index (χ0v) is 16.3. The van der Waals surface area contributed by atoms with Crippen LogP contribution in [0.15, 0.2) is 53.3 Å². The van der Waals surface area contributed by atoms with E-state index < -0.39 is 0 Å². The van der Waals surface area contributed by atoms with Crippen molar-refractivity contribution in [2.24, 2.45) is 13.0 Å². The smallest absolute Gasteiger partial charge is 0.293 e. The fraction of sp³-hybridized carbons (Fsp3) is 0.318. The van der Waals surface area contributed by atoms with Crippen molar-refractivity contribution in [1.82, 2.24) is 14.9 Å². The van der Waals surface area contributed by atoms with E-state index in [0.29, 0.717) is 25.5 Å². The molecule has 1 unspecified atom stereocenters. The standard InChI is InChI=1S/C22H23FN4O2/c1-26-19-7-3-2-6-18(19)25-20(22(26)29)27-12-4-5-16(14-27)21(28)24-13-15-8-10-17(23)11-9-15/h2-3,6-11,16H,4-5,12-14H2,1H3,(H,24,28). The molecule has 2 aromatic carbocycles. The third-order valence-corrected chi connectivity index (χ3v) is 5.44. The molecule has 7 heteroatoms. The molecule has 1 N–H and O–H groups in total. The molecule has 3 aromatic rings. The lowest BCUT2D eigenvalue weighted by Gasteiger charge is -2.32. The number of rotatable bonds is 4. The molecule has 0 bridgehead atoms. The lowest BCUT2D eigenvalue weighted by Crippen LogP contribution is -2.45. The molecule has 1 amide bonds. The van der Waals surface area contributed by atoms with Crippen LogP contribution in [0.25, 0.3) is 11.0 Å². The number of hydrogen-bond donors (Lipinski definition) is 1. The summed E-state index contributed by atoms with van der Waals surface area (Å²) in [6.45, 7) is 1.50. The number of hydrogen-bond acceptors (Lipinski definition) is 4. The minimum absolute atomic E-state index is 0.0587. The highest BCUT2D eigenvalue weighted by atomic mass is 19.1. The molecule has 4 rings (SSSR count). The quantitative estimate of drug-likeness (QED) is 0.739. The highest BCUT2D eigenvalue weighted by Crippen LogP contribution is 2.21. The van der Waals surface area contributed by atoms with Crippen LogP contribution >= 0.6 is 0 Å². The summed E-state index contributed by atoms with van der Waals surface area (Å²) in [6.07, 6.45) is 1.58. The maximum atomic E-state index is 13.0. The molecular formula is C22H23FN4O2. The van der Waals surface area contributed by atoms with Crippen molar-refractivity contribution >= 4 is 22.8 Å². The zero-order chi connectivity index (χ0) is 20.4. The van der Waals surface area contributed by atoms with Crippen LogP contribution in [0.5, 0.6) is 0 Å². The van der Waals surface area contributed by atoms with Crippen molar-refractivity contribution in [1.29, 1.82) is 0 Å². The molecular weight excluding hydrogens is 371 g/mol. The van der Waals surface area contributed by atoms with E-state index in [-0.39, 0.29) is 23.2 Å². The second-order valence-electron chi connectivity index (χ2n) is 7.42. The molecule has 1 atom stereocenters. The topological polar surface area (TPSA) is 67.2 Å². The monoisotopic (exact) mass is 394 g/mol. The normalized spacial score (nSPS) is 16.8. The van der Waals surface area contributed by atoms with Crippen LogP contribution in [0.4, 0.5) is 10.2 Å². The number of benzene rings is 2.